The Morgan fingerprint density at radius 2 is 1.29 bits per heavy atom. The number of ether oxygens (including phenoxy) is 1. The molecule has 0 fully saturated rings. The number of aromatic hydroxyl groups is 4. The van der Waals surface area contributed by atoms with Gasteiger partial charge in [-0.25, -0.2) is 0 Å². The summed E-state index contributed by atoms with van der Waals surface area (Å²) >= 11 is 0. The molecule has 7 nitrogen and oxygen atoms in total. The highest BCUT2D eigenvalue weighted by atomic mass is 16.5. The van der Waals surface area contributed by atoms with E-state index in [1.54, 1.807) is 12.1 Å². The van der Waals surface area contributed by atoms with Crippen LogP contribution < -0.4 is 4.74 Å². The summed E-state index contributed by atoms with van der Waals surface area (Å²) in [5.41, 5.74) is 1.93. The molecule has 7 heteroatoms. The fourth-order valence-corrected chi connectivity index (χ4v) is 2.90. The number of phenols is 4. The van der Waals surface area contributed by atoms with E-state index in [0.717, 1.165) is 23.3 Å². The van der Waals surface area contributed by atoms with Crippen LogP contribution in [-0.2, 0) is 6.61 Å². The first kappa shape index (κ1) is 23.3. The predicted molar refractivity (Wildman–Crippen MR) is 115 cm³/mol. The summed E-state index contributed by atoms with van der Waals surface area (Å²) in [5.74, 6) is -1.38. The van der Waals surface area contributed by atoms with Gasteiger partial charge in [-0.15, -0.1) is 0 Å². The molecule has 0 aromatic heterocycles. The highest BCUT2D eigenvalue weighted by molar-refractivity contribution is 6.00. The quantitative estimate of drug-likeness (QED) is 0.445. The second kappa shape index (κ2) is 10.2. The first-order valence-electron chi connectivity index (χ1n) is 9.37. The van der Waals surface area contributed by atoms with E-state index in [1.165, 1.54) is 13.8 Å². The van der Waals surface area contributed by atoms with Gasteiger partial charge < -0.3 is 25.2 Å². The van der Waals surface area contributed by atoms with Gasteiger partial charge in [0, 0.05) is 12.1 Å². The van der Waals surface area contributed by atoms with E-state index in [2.05, 4.69) is 0 Å². The van der Waals surface area contributed by atoms with Crippen molar-refractivity contribution in [3.8, 4) is 28.7 Å². The second-order valence-corrected chi connectivity index (χ2v) is 6.90. The molecule has 0 atom stereocenters. The Morgan fingerprint density at radius 3 is 1.81 bits per heavy atom. The minimum atomic E-state index is -0.454. The topological polar surface area (TPSA) is 124 Å². The van der Waals surface area contributed by atoms with Crippen molar-refractivity contribution in [2.24, 2.45) is 0 Å². The van der Waals surface area contributed by atoms with E-state index in [-0.39, 0.29) is 28.4 Å². The van der Waals surface area contributed by atoms with E-state index >= 15 is 0 Å². The number of aryl methyl sites for hydroxylation is 1. The van der Waals surface area contributed by atoms with Crippen LogP contribution in [0, 0.1) is 6.92 Å². The average molecular weight is 424 g/mol. The molecule has 4 N–H and O–H groups in total. The maximum atomic E-state index is 11.6. The van der Waals surface area contributed by atoms with E-state index in [0.29, 0.717) is 12.4 Å². The first-order chi connectivity index (χ1) is 14.6. The van der Waals surface area contributed by atoms with Crippen molar-refractivity contribution in [2.75, 3.05) is 0 Å². The van der Waals surface area contributed by atoms with Crippen molar-refractivity contribution in [2.45, 2.75) is 27.4 Å². The van der Waals surface area contributed by atoms with Crippen LogP contribution in [0.3, 0.4) is 0 Å². The summed E-state index contributed by atoms with van der Waals surface area (Å²) in [6.07, 6.45) is 0. The molecule has 31 heavy (non-hydrogen) atoms. The third-order valence-electron chi connectivity index (χ3n) is 4.25. The van der Waals surface area contributed by atoms with Gasteiger partial charge in [-0.3, -0.25) is 9.59 Å². The largest absolute Gasteiger partial charge is 0.508 e. The monoisotopic (exact) mass is 424 g/mol. The van der Waals surface area contributed by atoms with E-state index in [1.807, 2.05) is 37.3 Å². The Morgan fingerprint density at radius 1 is 0.774 bits per heavy atom. The summed E-state index contributed by atoms with van der Waals surface area (Å²) in [4.78, 5) is 22.4. The van der Waals surface area contributed by atoms with Crippen LogP contribution >= 0.6 is 0 Å². The Labute approximate surface area is 179 Å². The number of ketones is 2. The van der Waals surface area contributed by atoms with Gasteiger partial charge in [0.2, 0.25) is 0 Å². The fraction of sp³-hybridized carbons (Fsp3) is 0.167. The minimum Gasteiger partial charge on any atom is -0.508 e. The lowest BCUT2D eigenvalue weighted by atomic mass is 10.1. The van der Waals surface area contributed by atoms with Crippen molar-refractivity contribution >= 4 is 11.6 Å². The predicted octanol–water partition coefficient (Wildman–Crippen LogP) is 4.49. The summed E-state index contributed by atoms with van der Waals surface area (Å²) in [7, 11) is 0. The van der Waals surface area contributed by atoms with E-state index < -0.39 is 17.3 Å². The van der Waals surface area contributed by atoms with Crippen LogP contribution in [0.2, 0.25) is 0 Å². The molecule has 3 aromatic carbocycles. The fourth-order valence-electron chi connectivity index (χ4n) is 2.90. The third-order valence-corrected chi connectivity index (χ3v) is 4.25. The van der Waals surface area contributed by atoms with Gasteiger partial charge in [0.1, 0.15) is 46.5 Å². The molecular weight excluding hydrogens is 400 g/mol. The number of rotatable bonds is 5. The number of carbonyl (C=O) groups is 2. The number of benzene rings is 3. The van der Waals surface area contributed by atoms with Gasteiger partial charge in [-0.1, -0.05) is 30.3 Å². The van der Waals surface area contributed by atoms with Crippen molar-refractivity contribution in [3.63, 3.8) is 0 Å². The standard InChI is InChI=1S/C16H16O3.C8H8O4/c1-11-8-14(18)16(12(2)17)15(9-11)19-10-13-6-4-3-5-7-13;1-4(9)8-6(11)2-5(10)3-7(8)12/h3-9,18H,10H2,1-2H3;2-3,10-12H,1H3. The zero-order valence-electron chi connectivity index (χ0n) is 17.4. The van der Waals surface area contributed by atoms with E-state index in [4.69, 9.17) is 20.1 Å². The number of Topliss-reactive ketones (excluding diaryl/α,β-unsaturated/α-hetero) is 2. The van der Waals surface area contributed by atoms with Crippen molar-refractivity contribution in [1.29, 1.82) is 0 Å². The molecule has 0 heterocycles. The Bertz CT molecular complexity index is 1070. The lowest BCUT2D eigenvalue weighted by Crippen LogP contribution is -2.02. The highest BCUT2D eigenvalue weighted by Crippen LogP contribution is 2.32. The average Bonchev–Trinajstić information content (AvgIpc) is 2.65. The molecular formula is C24H24O7. The third kappa shape index (κ3) is 6.24. The van der Waals surface area contributed by atoms with Crippen LogP contribution in [0.1, 0.15) is 45.7 Å². The molecule has 0 aliphatic heterocycles. The first-order valence-corrected chi connectivity index (χ1v) is 9.37. The molecule has 0 aliphatic carbocycles. The molecule has 0 amide bonds. The summed E-state index contributed by atoms with van der Waals surface area (Å²) < 4.78 is 5.67. The minimum absolute atomic E-state index is 0.0319. The Balaban J connectivity index is 0.000000245. The van der Waals surface area contributed by atoms with Crippen molar-refractivity contribution < 1.29 is 34.8 Å². The highest BCUT2D eigenvalue weighted by Gasteiger charge is 2.15. The number of hydrogen-bond acceptors (Lipinski definition) is 7. The van der Waals surface area contributed by atoms with Crippen molar-refractivity contribution in [3.05, 3.63) is 76.9 Å². The molecule has 3 rings (SSSR count). The molecule has 162 valence electrons. The molecule has 0 bridgehead atoms. The Kier molecular flexibility index (Phi) is 7.63. The maximum absolute atomic E-state index is 11.6. The molecule has 0 saturated heterocycles. The Hall–Kier alpha value is -4.00. The lowest BCUT2D eigenvalue weighted by Gasteiger charge is -2.12. The molecule has 0 unspecified atom stereocenters. The van der Waals surface area contributed by atoms with Gasteiger partial charge in [0.25, 0.3) is 0 Å². The molecule has 0 saturated carbocycles. The van der Waals surface area contributed by atoms with Crippen LogP contribution in [-0.4, -0.2) is 32.0 Å². The number of phenolic OH excluding ortho intramolecular Hbond substituents is 4. The van der Waals surface area contributed by atoms with E-state index in [9.17, 15) is 14.7 Å². The maximum Gasteiger partial charge on any atom is 0.167 e. The zero-order valence-corrected chi connectivity index (χ0v) is 17.4. The van der Waals surface area contributed by atoms with Gasteiger partial charge in [0.05, 0.1) is 0 Å². The van der Waals surface area contributed by atoms with Crippen LogP contribution in [0.5, 0.6) is 28.7 Å². The summed E-state index contributed by atoms with van der Waals surface area (Å²) in [6, 6.07) is 15.0. The van der Waals surface area contributed by atoms with Crippen LogP contribution in [0.25, 0.3) is 0 Å². The van der Waals surface area contributed by atoms with Gasteiger partial charge in [0.15, 0.2) is 11.6 Å². The van der Waals surface area contributed by atoms with Crippen LogP contribution in [0.15, 0.2) is 54.6 Å². The zero-order chi connectivity index (χ0) is 23.1. The lowest BCUT2D eigenvalue weighted by molar-refractivity contribution is 0.0997. The number of hydrogen-bond donors (Lipinski definition) is 4. The van der Waals surface area contributed by atoms with Gasteiger partial charge in [-0.2, -0.15) is 0 Å². The van der Waals surface area contributed by atoms with Gasteiger partial charge in [-0.05, 0) is 44.0 Å². The summed E-state index contributed by atoms with van der Waals surface area (Å²) in [5, 5.41) is 36.9. The molecule has 3 aromatic rings. The normalized spacial score (nSPS) is 10.0. The van der Waals surface area contributed by atoms with Crippen LogP contribution in [0.4, 0.5) is 0 Å². The smallest absolute Gasteiger partial charge is 0.167 e. The SMILES string of the molecule is CC(=O)c1c(O)cc(C)cc1OCc1ccccc1.CC(=O)c1c(O)cc(O)cc1O. The number of carbonyl (C=O) groups excluding carboxylic acids is 2. The second-order valence-electron chi connectivity index (χ2n) is 6.90. The van der Waals surface area contributed by atoms with Gasteiger partial charge >= 0.3 is 0 Å². The molecule has 0 spiro atoms. The summed E-state index contributed by atoms with van der Waals surface area (Å²) in [6.45, 7) is 4.84. The van der Waals surface area contributed by atoms with Crippen molar-refractivity contribution in [1.82, 2.24) is 0 Å². The molecule has 0 aliphatic rings. The molecule has 0 radical (unpaired) electrons.